The zero-order valence-corrected chi connectivity index (χ0v) is 10.1. The van der Waals surface area contributed by atoms with Gasteiger partial charge < -0.3 is 5.73 Å². The van der Waals surface area contributed by atoms with E-state index in [0.717, 1.165) is 12.6 Å². The summed E-state index contributed by atoms with van der Waals surface area (Å²) in [4.78, 5) is 2.69. The molecule has 0 heterocycles. The van der Waals surface area contributed by atoms with Gasteiger partial charge in [-0.05, 0) is 38.6 Å². The molecule has 0 aromatic rings. The van der Waals surface area contributed by atoms with Crippen LogP contribution in [0.4, 0.5) is 0 Å². The van der Waals surface area contributed by atoms with Gasteiger partial charge in [0.1, 0.15) is 0 Å². The number of hydrogen-bond acceptors (Lipinski definition) is 2. The molecule has 0 radical (unpaired) electrons. The topological polar surface area (TPSA) is 29.3 Å². The van der Waals surface area contributed by atoms with Gasteiger partial charge >= 0.3 is 0 Å². The molecule has 1 aliphatic carbocycles. The van der Waals surface area contributed by atoms with Crippen molar-refractivity contribution >= 4 is 0 Å². The van der Waals surface area contributed by atoms with Gasteiger partial charge in [-0.25, -0.2) is 0 Å². The van der Waals surface area contributed by atoms with Crippen LogP contribution in [0.25, 0.3) is 0 Å². The largest absolute Gasteiger partial charge is 0.329 e. The lowest BCUT2D eigenvalue weighted by Gasteiger charge is -2.43. The molecule has 1 fully saturated rings. The second-order valence-corrected chi connectivity index (χ2v) is 4.56. The molecule has 0 saturated heterocycles. The first-order valence-corrected chi connectivity index (χ1v) is 6.20. The molecule has 0 aliphatic heterocycles. The Labute approximate surface area is 88.8 Å². The molecule has 84 valence electrons. The van der Waals surface area contributed by atoms with Gasteiger partial charge in [0.15, 0.2) is 0 Å². The van der Waals surface area contributed by atoms with Crippen LogP contribution in [0.15, 0.2) is 0 Å². The lowest BCUT2D eigenvalue weighted by molar-refractivity contribution is 0.0761. The van der Waals surface area contributed by atoms with E-state index in [9.17, 15) is 0 Å². The predicted molar refractivity (Wildman–Crippen MR) is 62.4 cm³/mol. The van der Waals surface area contributed by atoms with E-state index in [0.29, 0.717) is 0 Å². The van der Waals surface area contributed by atoms with Gasteiger partial charge in [0.2, 0.25) is 0 Å². The summed E-state index contributed by atoms with van der Waals surface area (Å²) in [6, 6.07) is 0.846. The minimum absolute atomic E-state index is 0.289. The van der Waals surface area contributed by atoms with E-state index in [-0.39, 0.29) is 5.54 Å². The number of nitrogens with zero attached hydrogens (tertiary/aromatic N) is 1. The smallest absolute Gasteiger partial charge is 0.0329 e. The Morgan fingerprint density at radius 1 is 1.21 bits per heavy atom. The van der Waals surface area contributed by atoms with Crippen molar-refractivity contribution in [2.75, 3.05) is 13.1 Å². The molecule has 2 N–H and O–H groups in total. The zero-order valence-electron chi connectivity index (χ0n) is 10.1. The summed E-state index contributed by atoms with van der Waals surface area (Å²) in [5.74, 6) is 0. The van der Waals surface area contributed by atoms with Gasteiger partial charge in [0.25, 0.3) is 0 Å². The summed E-state index contributed by atoms with van der Waals surface area (Å²) >= 11 is 0. The molecule has 14 heavy (non-hydrogen) atoms. The van der Waals surface area contributed by atoms with Crippen LogP contribution in [0.3, 0.4) is 0 Å². The van der Waals surface area contributed by atoms with Crippen molar-refractivity contribution in [3.63, 3.8) is 0 Å². The van der Waals surface area contributed by atoms with Crippen LogP contribution in [-0.4, -0.2) is 29.6 Å². The number of rotatable bonds is 7. The quantitative estimate of drug-likeness (QED) is 0.680. The molecule has 0 bridgehead atoms. The van der Waals surface area contributed by atoms with Crippen LogP contribution in [0.2, 0.25) is 0 Å². The molecular weight excluding hydrogens is 172 g/mol. The van der Waals surface area contributed by atoms with Crippen molar-refractivity contribution in [1.29, 1.82) is 0 Å². The first-order valence-electron chi connectivity index (χ1n) is 6.20. The number of hydrogen-bond donors (Lipinski definition) is 1. The maximum absolute atomic E-state index is 5.98. The Hall–Kier alpha value is -0.0800. The molecule has 0 aromatic heterocycles. The molecule has 0 amide bonds. The predicted octanol–water partition coefficient (Wildman–Crippen LogP) is 2.38. The first kappa shape index (κ1) is 12.0. The van der Waals surface area contributed by atoms with Crippen LogP contribution in [0.5, 0.6) is 0 Å². The van der Waals surface area contributed by atoms with Gasteiger partial charge in [-0.15, -0.1) is 0 Å². The molecule has 0 aromatic carbocycles. The highest BCUT2D eigenvalue weighted by Crippen LogP contribution is 2.35. The second-order valence-electron chi connectivity index (χ2n) is 4.56. The minimum atomic E-state index is 0.289. The van der Waals surface area contributed by atoms with E-state index >= 15 is 0 Å². The van der Waals surface area contributed by atoms with Crippen LogP contribution in [0, 0.1) is 0 Å². The minimum Gasteiger partial charge on any atom is -0.329 e. The third-order valence-corrected chi connectivity index (χ3v) is 3.76. The van der Waals surface area contributed by atoms with Crippen LogP contribution in [-0.2, 0) is 0 Å². The highest BCUT2D eigenvalue weighted by atomic mass is 15.3. The third kappa shape index (κ3) is 2.29. The summed E-state index contributed by atoms with van der Waals surface area (Å²) in [5, 5.41) is 0. The van der Waals surface area contributed by atoms with Gasteiger partial charge in [0, 0.05) is 18.1 Å². The molecule has 0 spiro atoms. The summed E-state index contributed by atoms with van der Waals surface area (Å²) in [6.07, 6.45) is 6.41. The van der Waals surface area contributed by atoms with Crippen molar-refractivity contribution < 1.29 is 0 Å². The Kier molecular flexibility index (Phi) is 4.39. The van der Waals surface area contributed by atoms with Crippen molar-refractivity contribution in [2.24, 2.45) is 5.73 Å². The molecule has 1 aliphatic rings. The Balaban J connectivity index is 2.69. The van der Waals surface area contributed by atoms with E-state index < -0.39 is 0 Å². The maximum atomic E-state index is 5.98. The molecule has 1 saturated carbocycles. The number of nitrogens with two attached hydrogens (primary N) is 1. The van der Waals surface area contributed by atoms with Crippen LogP contribution < -0.4 is 5.73 Å². The zero-order chi connectivity index (χ0) is 10.6. The molecule has 0 unspecified atom stereocenters. The van der Waals surface area contributed by atoms with Gasteiger partial charge in [0.05, 0.1) is 0 Å². The van der Waals surface area contributed by atoms with E-state index in [2.05, 4.69) is 25.7 Å². The Morgan fingerprint density at radius 2 is 1.79 bits per heavy atom. The highest BCUT2D eigenvalue weighted by Gasteiger charge is 2.40. The Bertz CT molecular complexity index is 151. The standard InChI is InChI=1S/C12H26N2/c1-4-9-14(11-7-8-11)12(5-2,6-3)10-13/h11H,4-10,13H2,1-3H3. The maximum Gasteiger partial charge on any atom is 0.0329 e. The molecule has 2 heteroatoms. The normalized spacial score (nSPS) is 17.8. The lowest BCUT2D eigenvalue weighted by Crippen LogP contribution is -2.54. The van der Waals surface area contributed by atoms with Gasteiger partial charge in [-0.2, -0.15) is 0 Å². The fourth-order valence-corrected chi connectivity index (χ4v) is 2.50. The average molecular weight is 198 g/mol. The molecule has 0 atom stereocenters. The fourth-order valence-electron chi connectivity index (χ4n) is 2.50. The fraction of sp³-hybridized carbons (Fsp3) is 1.00. The SMILES string of the molecule is CCCN(C1CC1)C(CC)(CC)CN. The van der Waals surface area contributed by atoms with Crippen molar-refractivity contribution in [3.05, 3.63) is 0 Å². The monoisotopic (exact) mass is 198 g/mol. The van der Waals surface area contributed by atoms with E-state index in [4.69, 9.17) is 5.73 Å². The third-order valence-electron chi connectivity index (χ3n) is 3.76. The summed E-state index contributed by atoms with van der Waals surface area (Å²) in [7, 11) is 0. The summed E-state index contributed by atoms with van der Waals surface area (Å²) in [6.45, 7) is 8.87. The van der Waals surface area contributed by atoms with Gasteiger partial charge in [-0.3, -0.25) is 4.90 Å². The van der Waals surface area contributed by atoms with Crippen molar-refractivity contribution in [2.45, 2.75) is 64.5 Å². The average Bonchev–Trinajstić information content (AvgIpc) is 3.03. The molecule has 2 nitrogen and oxygen atoms in total. The lowest BCUT2D eigenvalue weighted by atomic mass is 9.90. The summed E-state index contributed by atoms with van der Waals surface area (Å²) < 4.78 is 0. The van der Waals surface area contributed by atoms with Gasteiger partial charge in [-0.1, -0.05) is 20.8 Å². The molecule has 1 rings (SSSR count). The van der Waals surface area contributed by atoms with Crippen molar-refractivity contribution in [1.82, 2.24) is 4.90 Å². The first-order chi connectivity index (χ1) is 6.74. The highest BCUT2D eigenvalue weighted by molar-refractivity contribution is 4.97. The van der Waals surface area contributed by atoms with Crippen LogP contribution in [0.1, 0.15) is 52.9 Å². The van der Waals surface area contributed by atoms with Crippen LogP contribution >= 0.6 is 0 Å². The molecular formula is C12H26N2. The second kappa shape index (κ2) is 5.13. The van der Waals surface area contributed by atoms with Crippen molar-refractivity contribution in [3.8, 4) is 0 Å². The van der Waals surface area contributed by atoms with E-state index in [1.807, 2.05) is 0 Å². The van der Waals surface area contributed by atoms with E-state index in [1.54, 1.807) is 0 Å². The Morgan fingerprint density at radius 3 is 2.07 bits per heavy atom. The van der Waals surface area contributed by atoms with E-state index in [1.165, 1.54) is 38.6 Å². The summed E-state index contributed by atoms with van der Waals surface area (Å²) in [5.41, 5.74) is 6.27.